The zero-order chi connectivity index (χ0) is 25.2. The van der Waals surface area contributed by atoms with Crippen LogP contribution in [0.15, 0.2) is 48.5 Å². The Balaban J connectivity index is 1.56. The van der Waals surface area contributed by atoms with E-state index >= 15 is 0 Å². The van der Waals surface area contributed by atoms with E-state index in [0.717, 1.165) is 47.9 Å². The third kappa shape index (κ3) is 5.69. The van der Waals surface area contributed by atoms with Crippen LogP contribution in [0.25, 0.3) is 0 Å². The summed E-state index contributed by atoms with van der Waals surface area (Å²) in [6, 6.07) is 13.3. The number of carbonyl (C=O) groups excluding carboxylic acids is 2. The summed E-state index contributed by atoms with van der Waals surface area (Å²) in [5.74, 6) is -0.843. The van der Waals surface area contributed by atoms with Gasteiger partial charge < -0.3 is 10.1 Å². The average Bonchev–Trinajstić information content (AvgIpc) is 3.20. The van der Waals surface area contributed by atoms with Crippen molar-refractivity contribution in [3.05, 3.63) is 80.7 Å². The topological polar surface area (TPSA) is 92.8 Å². The molecule has 0 spiro atoms. The van der Waals surface area contributed by atoms with Crippen molar-refractivity contribution >= 4 is 55.5 Å². The van der Waals surface area contributed by atoms with Crippen molar-refractivity contribution in [1.82, 2.24) is 0 Å². The van der Waals surface area contributed by atoms with Gasteiger partial charge in [-0.3, -0.25) is 9.10 Å². The summed E-state index contributed by atoms with van der Waals surface area (Å²) in [4.78, 5) is 26.5. The molecule has 3 aromatic rings. The van der Waals surface area contributed by atoms with Gasteiger partial charge in [0, 0.05) is 15.5 Å². The lowest BCUT2D eigenvalue weighted by Gasteiger charge is -2.22. The molecule has 0 unspecified atom stereocenters. The largest absolute Gasteiger partial charge is 0.465 e. The zero-order valence-electron chi connectivity index (χ0n) is 19.3. The number of esters is 1. The number of nitrogens with one attached hydrogen (secondary N) is 1. The van der Waals surface area contributed by atoms with Gasteiger partial charge in [0.05, 0.1) is 31.2 Å². The Bertz CT molecular complexity index is 1350. The van der Waals surface area contributed by atoms with Crippen molar-refractivity contribution in [3.8, 4) is 0 Å². The van der Waals surface area contributed by atoms with Crippen LogP contribution in [-0.2, 0) is 34.1 Å². The third-order valence-electron chi connectivity index (χ3n) is 5.85. The highest BCUT2D eigenvalue weighted by molar-refractivity contribution is 7.92. The molecule has 2 aromatic carbocycles. The van der Waals surface area contributed by atoms with Crippen LogP contribution in [0.5, 0.6) is 0 Å². The van der Waals surface area contributed by atoms with E-state index in [9.17, 15) is 18.0 Å². The minimum atomic E-state index is -3.58. The van der Waals surface area contributed by atoms with Crippen molar-refractivity contribution in [2.24, 2.45) is 0 Å². The SMILES string of the molecule is COC(=O)c1c(NC(=O)c2ccc(N(Cc3ccc(Cl)cc3)S(C)(=O)=O)cc2)sc2c1CCCC2. The Morgan fingerprint density at radius 1 is 1.06 bits per heavy atom. The van der Waals surface area contributed by atoms with Crippen LogP contribution in [0.1, 0.15) is 49.6 Å². The number of sulfonamides is 1. The van der Waals surface area contributed by atoms with E-state index in [1.165, 1.54) is 22.8 Å². The molecule has 1 N–H and O–H groups in total. The van der Waals surface area contributed by atoms with Gasteiger partial charge in [0.2, 0.25) is 10.0 Å². The van der Waals surface area contributed by atoms with Gasteiger partial charge in [-0.05, 0) is 73.2 Å². The normalized spacial score (nSPS) is 13.1. The molecule has 0 saturated carbocycles. The molecule has 10 heteroatoms. The van der Waals surface area contributed by atoms with Crippen molar-refractivity contribution in [1.29, 1.82) is 0 Å². The highest BCUT2D eigenvalue weighted by Crippen LogP contribution is 2.38. The molecule has 0 fully saturated rings. The number of benzene rings is 2. The van der Waals surface area contributed by atoms with Gasteiger partial charge in [-0.25, -0.2) is 13.2 Å². The number of aryl methyl sites for hydroxylation is 1. The molecule has 7 nitrogen and oxygen atoms in total. The molecule has 184 valence electrons. The van der Waals surface area contributed by atoms with Crippen LogP contribution in [0.3, 0.4) is 0 Å². The second-order valence-electron chi connectivity index (χ2n) is 8.30. The Morgan fingerprint density at radius 2 is 1.71 bits per heavy atom. The standard InChI is InChI=1S/C25H25ClN2O5S2/c1-33-25(30)22-20-5-3-4-6-21(20)34-24(22)27-23(29)17-9-13-19(14-10-17)28(35(2,31)32)15-16-7-11-18(26)12-8-16/h7-14H,3-6,15H2,1-2H3,(H,27,29). The predicted octanol–water partition coefficient (Wildman–Crippen LogP) is 5.29. The molecule has 1 heterocycles. The minimum absolute atomic E-state index is 0.130. The van der Waals surface area contributed by atoms with E-state index in [4.69, 9.17) is 16.3 Å². The average molecular weight is 533 g/mol. The first-order chi connectivity index (χ1) is 16.7. The van der Waals surface area contributed by atoms with Crippen LogP contribution in [0.2, 0.25) is 5.02 Å². The van der Waals surface area contributed by atoms with E-state index in [-0.39, 0.29) is 12.5 Å². The molecule has 0 saturated heterocycles. The summed E-state index contributed by atoms with van der Waals surface area (Å²) in [6.07, 6.45) is 4.85. The van der Waals surface area contributed by atoms with E-state index in [0.29, 0.717) is 26.8 Å². The lowest BCUT2D eigenvalue weighted by Crippen LogP contribution is -2.29. The van der Waals surface area contributed by atoms with Gasteiger partial charge in [0.15, 0.2) is 0 Å². The van der Waals surface area contributed by atoms with Gasteiger partial charge >= 0.3 is 5.97 Å². The van der Waals surface area contributed by atoms with Gasteiger partial charge in [-0.2, -0.15) is 0 Å². The molecule has 1 aliphatic rings. The van der Waals surface area contributed by atoms with E-state index in [1.807, 2.05) is 0 Å². The van der Waals surface area contributed by atoms with E-state index in [1.54, 1.807) is 48.5 Å². The van der Waals surface area contributed by atoms with Crippen molar-refractivity contribution in [2.75, 3.05) is 23.0 Å². The first kappa shape index (κ1) is 25.2. The number of hydrogen-bond donors (Lipinski definition) is 1. The fraction of sp³-hybridized carbons (Fsp3) is 0.280. The number of carbonyl (C=O) groups is 2. The quantitative estimate of drug-likeness (QED) is 0.418. The molecule has 0 atom stereocenters. The highest BCUT2D eigenvalue weighted by atomic mass is 35.5. The number of thiophene rings is 1. The Hall–Kier alpha value is -2.88. The van der Waals surface area contributed by atoms with Gasteiger partial charge in [-0.1, -0.05) is 23.7 Å². The van der Waals surface area contributed by atoms with Crippen LogP contribution in [0, 0.1) is 0 Å². The first-order valence-electron chi connectivity index (χ1n) is 11.0. The predicted molar refractivity (Wildman–Crippen MR) is 139 cm³/mol. The number of halogens is 1. The smallest absolute Gasteiger partial charge is 0.341 e. The molecule has 0 bridgehead atoms. The summed E-state index contributed by atoms with van der Waals surface area (Å²) in [7, 11) is -2.25. The summed E-state index contributed by atoms with van der Waals surface area (Å²) >= 11 is 7.34. The maximum atomic E-state index is 13.0. The van der Waals surface area contributed by atoms with Crippen LogP contribution >= 0.6 is 22.9 Å². The fourth-order valence-corrected chi connectivity index (χ4v) is 6.37. The Kier molecular flexibility index (Phi) is 7.49. The summed E-state index contributed by atoms with van der Waals surface area (Å²) in [5.41, 5.74) is 2.95. The number of methoxy groups -OCH3 is 1. The molecule has 1 amide bonds. The number of anilines is 2. The van der Waals surface area contributed by atoms with Gasteiger partial charge in [0.25, 0.3) is 5.91 Å². The van der Waals surface area contributed by atoms with E-state index in [2.05, 4.69) is 5.32 Å². The lowest BCUT2D eigenvalue weighted by atomic mass is 9.95. The number of amides is 1. The number of rotatable bonds is 7. The van der Waals surface area contributed by atoms with Crippen LogP contribution in [-0.4, -0.2) is 33.7 Å². The van der Waals surface area contributed by atoms with Crippen molar-refractivity contribution in [3.63, 3.8) is 0 Å². The number of nitrogens with zero attached hydrogens (tertiary/aromatic N) is 1. The molecule has 1 aliphatic carbocycles. The monoisotopic (exact) mass is 532 g/mol. The van der Waals surface area contributed by atoms with Gasteiger partial charge in [-0.15, -0.1) is 11.3 Å². The number of ether oxygens (including phenoxy) is 1. The second-order valence-corrected chi connectivity index (χ2v) is 11.8. The van der Waals surface area contributed by atoms with E-state index < -0.39 is 16.0 Å². The maximum absolute atomic E-state index is 13.0. The minimum Gasteiger partial charge on any atom is -0.465 e. The van der Waals surface area contributed by atoms with Crippen LogP contribution < -0.4 is 9.62 Å². The molecule has 0 radical (unpaired) electrons. The Labute approximate surface area is 213 Å². The zero-order valence-corrected chi connectivity index (χ0v) is 21.7. The fourth-order valence-electron chi connectivity index (χ4n) is 4.08. The highest BCUT2D eigenvalue weighted by Gasteiger charge is 2.27. The molecular weight excluding hydrogens is 508 g/mol. The van der Waals surface area contributed by atoms with Crippen LogP contribution in [0.4, 0.5) is 10.7 Å². The Morgan fingerprint density at radius 3 is 2.34 bits per heavy atom. The summed E-state index contributed by atoms with van der Waals surface area (Å²) < 4.78 is 31.2. The first-order valence-corrected chi connectivity index (χ1v) is 14.1. The lowest BCUT2D eigenvalue weighted by molar-refractivity contribution is 0.0601. The number of hydrogen-bond acceptors (Lipinski definition) is 6. The molecule has 35 heavy (non-hydrogen) atoms. The molecular formula is C25H25ClN2O5S2. The summed E-state index contributed by atoms with van der Waals surface area (Å²) in [5, 5.41) is 3.91. The third-order valence-corrected chi connectivity index (χ3v) is 8.44. The van der Waals surface area contributed by atoms with Crippen molar-refractivity contribution in [2.45, 2.75) is 32.2 Å². The number of fused-ring (bicyclic) bond motifs is 1. The second kappa shape index (κ2) is 10.4. The molecule has 4 rings (SSSR count). The maximum Gasteiger partial charge on any atom is 0.341 e. The molecule has 1 aromatic heterocycles. The van der Waals surface area contributed by atoms with Gasteiger partial charge in [0.1, 0.15) is 5.00 Å². The molecule has 0 aliphatic heterocycles. The summed E-state index contributed by atoms with van der Waals surface area (Å²) in [6.45, 7) is 0.130. The van der Waals surface area contributed by atoms with Crippen molar-refractivity contribution < 1.29 is 22.7 Å².